The Morgan fingerprint density at radius 1 is 0.411 bits per heavy atom. The summed E-state index contributed by atoms with van der Waals surface area (Å²) in [5.41, 5.74) is 5.24. The Morgan fingerprint density at radius 2 is 0.786 bits per heavy atom. The number of hydrogen-bond acceptors (Lipinski definition) is 4. The summed E-state index contributed by atoms with van der Waals surface area (Å²) in [6.45, 7) is 4.40. The SMILES string of the molecule is CCCCCCc1ccc(N2C(=O)c3ccc4c5c(Br)cc6c7c(ccc(c8c(Br)cc(c3c48)C2=O)c75)C(=O)N(c2ccc(CCCCCC)cc2)C6=O)cc1. The van der Waals surface area contributed by atoms with Gasteiger partial charge in [-0.15, -0.1) is 0 Å². The van der Waals surface area contributed by atoms with Gasteiger partial charge < -0.3 is 0 Å². The maximum atomic E-state index is 14.4. The first kappa shape index (κ1) is 36.7. The highest BCUT2D eigenvalue weighted by Gasteiger charge is 2.39. The van der Waals surface area contributed by atoms with Crippen molar-refractivity contribution in [2.45, 2.75) is 78.1 Å². The van der Waals surface area contributed by atoms with Crippen LogP contribution in [0.1, 0.15) is 118 Å². The number of rotatable bonds is 12. The number of aryl methyl sites for hydroxylation is 2. The van der Waals surface area contributed by atoms with Crippen molar-refractivity contribution in [2.75, 3.05) is 9.80 Å². The number of anilines is 2. The predicted molar refractivity (Wildman–Crippen MR) is 234 cm³/mol. The number of halogens is 2. The van der Waals surface area contributed by atoms with Crippen LogP contribution in [0.4, 0.5) is 11.4 Å². The summed E-state index contributed by atoms with van der Waals surface area (Å²) in [4.78, 5) is 59.9. The van der Waals surface area contributed by atoms with Gasteiger partial charge >= 0.3 is 0 Å². The van der Waals surface area contributed by atoms with Crippen LogP contribution in [0, 0.1) is 0 Å². The van der Waals surface area contributed by atoms with Gasteiger partial charge in [-0.3, -0.25) is 19.2 Å². The van der Waals surface area contributed by atoms with Crippen LogP contribution in [0.3, 0.4) is 0 Å². The standard InChI is InChI=1S/C48H40Br2N2O4/c1-3-5-7-9-11-27-13-17-29(18-14-27)51-45(53)33-23-21-31-42-38(50)26-36-40-34(24-22-32(44(40)42)41-37(49)25-35(47(51)55)39(33)43(31)41)46(54)52(48(36)56)30-19-15-28(16-20-30)12-10-8-6-4-2/h13-26H,3-12H2,1-2H3. The Labute approximate surface area is 342 Å². The fourth-order valence-corrected chi connectivity index (χ4v) is 10.3. The van der Waals surface area contributed by atoms with Crippen LogP contribution >= 0.6 is 31.9 Å². The van der Waals surface area contributed by atoms with E-state index in [1.54, 1.807) is 12.1 Å². The van der Waals surface area contributed by atoms with Gasteiger partial charge in [-0.25, -0.2) is 9.80 Å². The van der Waals surface area contributed by atoms with Gasteiger partial charge in [-0.05, 0) is 96.1 Å². The van der Waals surface area contributed by atoms with Crippen LogP contribution in [-0.2, 0) is 12.8 Å². The monoisotopic (exact) mass is 866 g/mol. The lowest BCUT2D eigenvalue weighted by molar-refractivity contribution is 0.0877. The maximum Gasteiger partial charge on any atom is 0.266 e. The summed E-state index contributed by atoms with van der Waals surface area (Å²) < 4.78 is 1.38. The number of hydrogen-bond donors (Lipinski definition) is 0. The molecule has 8 heteroatoms. The molecule has 0 saturated heterocycles. The largest absolute Gasteiger partial charge is 0.268 e. The van der Waals surface area contributed by atoms with Crippen LogP contribution in [0.2, 0.25) is 0 Å². The van der Waals surface area contributed by atoms with E-state index in [1.165, 1.54) is 59.5 Å². The molecule has 0 aromatic heterocycles. The molecule has 7 aromatic carbocycles. The maximum absolute atomic E-state index is 14.4. The van der Waals surface area contributed by atoms with Gasteiger partial charge in [0, 0.05) is 52.4 Å². The number of carbonyl (C=O) groups excluding carboxylic acids is 4. The zero-order chi connectivity index (χ0) is 38.8. The van der Waals surface area contributed by atoms with E-state index < -0.39 is 0 Å². The van der Waals surface area contributed by atoms with Crippen LogP contribution in [0.25, 0.3) is 43.1 Å². The quantitative estimate of drug-likeness (QED) is 0.0531. The average Bonchev–Trinajstić information content (AvgIpc) is 3.20. The number of carbonyl (C=O) groups is 4. The first-order chi connectivity index (χ1) is 27.2. The molecule has 0 spiro atoms. The van der Waals surface area contributed by atoms with Crippen molar-refractivity contribution in [3.05, 3.63) is 127 Å². The summed E-state index contributed by atoms with van der Waals surface area (Å²) in [6.07, 6.45) is 11.3. The molecule has 2 heterocycles. The van der Waals surface area contributed by atoms with Gasteiger partial charge in [0.2, 0.25) is 0 Å². The normalized spacial score (nSPS) is 14.1. The number of fused-ring (bicyclic) bond motifs is 2. The molecule has 0 radical (unpaired) electrons. The third-order valence-corrected chi connectivity index (χ3v) is 13.0. The predicted octanol–water partition coefficient (Wildman–Crippen LogP) is 13.1. The molecule has 0 saturated carbocycles. The molecule has 9 rings (SSSR count). The molecule has 280 valence electrons. The van der Waals surface area contributed by atoms with E-state index in [4.69, 9.17) is 0 Å². The first-order valence-electron chi connectivity index (χ1n) is 19.8. The number of imide groups is 2. The van der Waals surface area contributed by atoms with Crippen LogP contribution in [0.15, 0.2) is 93.9 Å². The molecule has 0 N–H and O–H groups in total. The highest BCUT2D eigenvalue weighted by atomic mass is 79.9. The average molecular weight is 869 g/mol. The topological polar surface area (TPSA) is 74.8 Å². The fourth-order valence-electron chi connectivity index (χ4n) is 8.97. The molecule has 2 aliphatic heterocycles. The van der Waals surface area contributed by atoms with Crippen molar-refractivity contribution in [1.29, 1.82) is 0 Å². The van der Waals surface area contributed by atoms with E-state index in [2.05, 4.69) is 45.7 Å². The minimum absolute atomic E-state index is 0.367. The smallest absolute Gasteiger partial charge is 0.266 e. The Balaban J connectivity index is 1.15. The molecule has 7 aromatic rings. The van der Waals surface area contributed by atoms with Gasteiger partial charge in [0.1, 0.15) is 0 Å². The van der Waals surface area contributed by atoms with E-state index in [0.717, 1.165) is 58.0 Å². The van der Waals surface area contributed by atoms with Crippen LogP contribution < -0.4 is 9.80 Å². The highest BCUT2D eigenvalue weighted by molar-refractivity contribution is 9.11. The number of nitrogens with zero attached hydrogens (tertiary/aromatic N) is 2. The molecule has 4 amide bonds. The molecule has 56 heavy (non-hydrogen) atoms. The summed E-state index contributed by atoms with van der Waals surface area (Å²) in [5, 5.41) is 6.08. The zero-order valence-corrected chi connectivity index (χ0v) is 34.6. The minimum Gasteiger partial charge on any atom is -0.268 e. The fraction of sp³-hybridized carbons (Fsp3) is 0.250. The molecule has 0 fully saturated rings. The lowest BCUT2D eigenvalue weighted by atomic mass is 9.82. The van der Waals surface area contributed by atoms with E-state index in [-0.39, 0.29) is 23.6 Å². The molecule has 0 unspecified atom stereocenters. The molecule has 0 bridgehead atoms. The second kappa shape index (κ2) is 14.5. The van der Waals surface area contributed by atoms with Crippen LogP contribution in [-0.4, -0.2) is 23.6 Å². The molecular weight excluding hydrogens is 828 g/mol. The Bertz CT molecular complexity index is 2580. The Hall–Kier alpha value is -4.92. The van der Waals surface area contributed by atoms with E-state index in [9.17, 15) is 19.2 Å². The van der Waals surface area contributed by atoms with Gasteiger partial charge in [0.15, 0.2) is 0 Å². The van der Waals surface area contributed by atoms with E-state index in [1.807, 2.05) is 72.8 Å². The van der Waals surface area contributed by atoms with Crippen molar-refractivity contribution in [3.63, 3.8) is 0 Å². The van der Waals surface area contributed by atoms with Crippen molar-refractivity contribution < 1.29 is 19.2 Å². The number of amides is 4. The molecule has 0 atom stereocenters. The minimum atomic E-state index is -0.376. The summed E-state index contributed by atoms with van der Waals surface area (Å²) in [7, 11) is 0. The summed E-state index contributed by atoms with van der Waals surface area (Å²) in [5.74, 6) is -1.49. The summed E-state index contributed by atoms with van der Waals surface area (Å²) >= 11 is 7.67. The van der Waals surface area contributed by atoms with E-state index in [0.29, 0.717) is 53.3 Å². The second-order valence-corrected chi connectivity index (χ2v) is 16.9. The van der Waals surface area contributed by atoms with Crippen molar-refractivity contribution in [1.82, 2.24) is 0 Å². The molecule has 0 aliphatic carbocycles. The van der Waals surface area contributed by atoms with E-state index >= 15 is 0 Å². The van der Waals surface area contributed by atoms with Crippen LogP contribution in [0.5, 0.6) is 0 Å². The lowest BCUT2D eigenvalue weighted by Crippen LogP contribution is -2.40. The molecular formula is C48H40Br2N2O4. The zero-order valence-electron chi connectivity index (χ0n) is 31.4. The first-order valence-corrected chi connectivity index (χ1v) is 21.4. The molecule has 6 nitrogen and oxygen atoms in total. The van der Waals surface area contributed by atoms with Gasteiger partial charge in [-0.2, -0.15) is 0 Å². The summed E-state index contributed by atoms with van der Waals surface area (Å²) in [6, 6.07) is 26.7. The van der Waals surface area contributed by atoms with Crippen molar-refractivity contribution in [2.24, 2.45) is 0 Å². The van der Waals surface area contributed by atoms with Gasteiger partial charge in [0.25, 0.3) is 23.6 Å². The third-order valence-electron chi connectivity index (χ3n) is 11.8. The van der Waals surface area contributed by atoms with Gasteiger partial charge in [0.05, 0.1) is 22.5 Å². The highest BCUT2D eigenvalue weighted by Crippen LogP contribution is 2.51. The third kappa shape index (κ3) is 5.70. The van der Waals surface area contributed by atoms with Crippen molar-refractivity contribution >= 4 is 110 Å². The second-order valence-electron chi connectivity index (χ2n) is 15.2. The Kier molecular flexibility index (Phi) is 9.53. The number of benzene rings is 7. The van der Waals surface area contributed by atoms with Crippen molar-refractivity contribution in [3.8, 4) is 0 Å². The lowest BCUT2D eigenvalue weighted by Gasteiger charge is -2.31. The van der Waals surface area contributed by atoms with Gasteiger partial charge in [-0.1, -0.05) is 121 Å². The Morgan fingerprint density at radius 3 is 1.16 bits per heavy atom. The molecule has 2 aliphatic rings. The number of unbranched alkanes of at least 4 members (excludes halogenated alkanes) is 6.